The molecule has 2 aliphatic rings. The Balaban J connectivity index is 1.59. The first-order valence-corrected chi connectivity index (χ1v) is 6.52. The first kappa shape index (κ1) is 11.3. The fourth-order valence-electron chi connectivity index (χ4n) is 2.64. The second kappa shape index (κ2) is 4.13. The molecule has 0 saturated heterocycles. The van der Waals surface area contributed by atoms with E-state index in [1.807, 2.05) is 0 Å². The third-order valence-electron chi connectivity index (χ3n) is 4.21. The van der Waals surface area contributed by atoms with Crippen molar-refractivity contribution < 1.29 is 4.79 Å². The molecule has 2 saturated carbocycles. The lowest BCUT2D eigenvalue weighted by Crippen LogP contribution is -2.31. The molecule has 3 heteroatoms. The van der Waals surface area contributed by atoms with Crippen LogP contribution >= 0.6 is 0 Å². The molecule has 1 N–H and O–H groups in total. The first-order valence-electron chi connectivity index (χ1n) is 6.52. The molecule has 0 aromatic heterocycles. The van der Waals surface area contributed by atoms with E-state index in [1.54, 1.807) is 24.3 Å². The SMILES string of the molecule is N#Cc1ccc(C(=O)NCC2(C3CC3)CC2)cc1. The molecule has 1 amide bonds. The fraction of sp³-hybridized carbons (Fsp3) is 0.467. The Labute approximate surface area is 107 Å². The molecule has 18 heavy (non-hydrogen) atoms. The third-order valence-corrected chi connectivity index (χ3v) is 4.21. The van der Waals surface area contributed by atoms with Crippen LogP contribution in [0, 0.1) is 22.7 Å². The lowest BCUT2D eigenvalue weighted by Gasteiger charge is -2.14. The van der Waals surface area contributed by atoms with Crippen LogP contribution in [-0.2, 0) is 0 Å². The zero-order chi connectivity index (χ0) is 12.6. The van der Waals surface area contributed by atoms with Crippen molar-refractivity contribution in [3.8, 4) is 6.07 Å². The molecule has 3 rings (SSSR count). The normalized spacial score (nSPS) is 19.9. The molecule has 1 aromatic rings. The molecule has 0 spiro atoms. The van der Waals surface area contributed by atoms with Gasteiger partial charge in [0.15, 0.2) is 0 Å². The van der Waals surface area contributed by atoms with E-state index in [-0.39, 0.29) is 5.91 Å². The van der Waals surface area contributed by atoms with Crippen molar-refractivity contribution in [2.75, 3.05) is 6.54 Å². The molecular weight excluding hydrogens is 224 g/mol. The van der Waals surface area contributed by atoms with Crippen molar-refractivity contribution >= 4 is 5.91 Å². The van der Waals surface area contributed by atoms with E-state index in [9.17, 15) is 4.79 Å². The van der Waals surface area contributed by atoms with Gasteiger partial charge in [0.1, 0.15) is 0 Å². The van der Waals surface area contributed by atoms with Gasteiger partial charge in [0.2, 0.25) is 0 Å². The van der Waals surface area contributed by atoms with Gasteiger partial charge in [0, 0.05) is 12.1 Å². The summed E-state index contributed by atoms with van der Waals surface area (Å²) >= 11 is 0. The van der Waals surface area contributed by atoms with Crippen LogP contribution in [0.2, 0.25) is 0 Å². The van der Waals surface area contributed by atoms with Gasteiger partial charge in [-0.15, -0.1) is 0 Å². The van der Waals surface area contributed by atoms with E-state index < -0.39 is 0 Å². The highest BCUT2D eigenvalue weighted by molar-refractivity contribution is 5.94. The van der Waals surface area contributed by atoms with E-state index in [0.717, 1.165) is 12.5 Å². The monoisotopic (exact) mass is 240 g/mol. The number of benzene rings is 1. The van der Waals surface area contributed by atoms with Crippen LogP contribution in [0.1, 0.15) is 41.6 Å². The van der Waals surface area contributed by atoms with E-state index in [1.165, 1.54) is 25.7 Å². The van der Waals surface area contributed by atoms with Crippen molar-refractivity contribution in [3.05, 3.63) is 35.4 Å². The van der Waals surface area contributed by atoms with E-state index in [2.05, 4.69) is 11.4 Å². The number of hydrogen-bond donors (Lipinski definition) is 1. The van der Waals surface area contributed by atoms with E-state index in [4.69, 9.17) is 5.26 Å². The summed E-state index contributed by atoms with van der Waals surface area (Å²) in [5.41, 5.74) is 1.66. The number of nitrogens with one attached hydrogen (secondary N) is 1. The zero-order valence-corrected chi connectivity index (χ0v) is 10.3. The number of carbonyl (C=O) groups is 1. The van der Waals surface area contributed by atoms with Crippen LogP contribution in [0.5, 0.6) is 0 Å². The quantitative estimate of drug-likeness (QED) is 0.879. The summed E-state index contributed by atoms with van der Waals surface area (Å²) in [6.07, 6.45) is 5.22. The lowest BCUT2D eigenvalue weighted by atomic mass is 10.0. The average molecular weight is 240 g/mol. The van der Waals surface area contributed by atoms with Gasteiger partial charge in [0.25, 0.3) is 5.91 Å². The van der Waals surface area contributed by atoms with Crippen molar-refractivity contribution in [2.45, 2.75) is 25.7 Å². The van der Waals surface area contributed by atoms with Gasteiger partial charge in [-0.2, -0.15) is 5.26 Å². The summed E-state index contributed by atoms with van der Waals surface area (Å²) < 4.78 is 0. The summed E-state index contributed by atoms with van der Waals surface area (Å²) in [7, 11) is 0. The Kier molecular flexibility index (Phi) is 2.59. The topological polar surface area (TPSA) is 52.9 Å². The summed E-state index contributed by atoms with van der Waals surface area (Å²) in [4.78, 5) is 12.0. The minimum atomic E-state index is -0.0218. The van der Waals surface area contributed by atoms with Crippen LogP contribution < -0.4 is 5.32 Å². The van der Waals surface area contributed by atoms with Crippen molar-refractivity contribution in [1.82, 2.24) is 5.32 Å². The molecule has 1 aromatic carbocycles. The first-order chi connectivity index (χ1) is 8.73. The molecule has 0 unspecified atom stereocenters. The predicted molar refractivity (Wildman–Crippen MR) is 67.9 cm³/mol. The van der Waals surface area contributed by atoms with Crippen LogP contribution in [0.3, 0.4) is 0 Å². The molecule has 0 radical (unpaired) electrons. The van der Waals surface area contributed by atoms with Gasteiger partial charge in [0.05, 0.1) is 11.6 Å². The molecule has 0 aliphatic heterocycles. The lowest BCUT2D eigenvalue weighted by molar-refractivity contribution is 0.0942. The Morgan fingerprint density at radius 3 is 2.50 bits per heavy atom. The number of nitriles is 1. The van der Waals surface area contributed by atoms with Crippen molar-refractivity contribution in [1.29, 1.82) is 5.26 Å². The van der Waals surface area contributed by atoms with Crippen molar-refractivity contribution in [3.63, 3.8) is 0 Å². The highest BCUT2D eigenvalue weighted by Gasteiger charge is 2.53. The van der Waals surface area contributed by atoms with Crippen LogP contribution in [0.4, 0.5) is 0 Å². The van der Waals surface area contributed by atoms with Gasteiger partial charge < -0.3 is 5.32 Å². The maximum absolute atomic E-state index is 12.0. The number of rotatable bonds is 4. The van der Waals surface area contributed by atoms with Crippen molar-refractivity contribution in [2.24, 2.45) is 11.3 Å². The summed E-state index contributed by atoms with van der Waals surface area (Å²) in [5, 5.41) is 11.7. The standard InChI is InChI=1S/C15H16N2O/c16-9-11-1-3-12(4-2-11)14(18)17-10-15(7-8-15)13-5-6-13/h1-4,13H,5-8,10H2,(H,17,18). The summed E-state index contributed by atoms with van der Waals surface area (Å²) in [6, 6.07) is 8.84. The fourth-order valence-corrected chi connectivity index (χ4v) is 2.64. The summed E-state index contributed by atoms with van der Waals surface area (Å²) in [6.45, 7) is 0.816. The molecule has 0 atom stereocenters. The maximum Gasteiger partial charge on any atom is 0.251 e. The smallest absolute Gasteiger partial charge is 0.251 e. The predicted octanol–water partition coefficient (Wildman–Crippen LogP) is 2.48. The third kappa shape index (κ3) is 2.11. The largest absolute Gasteiger partial charge is 0.351 e. The Morgan fingerprint density at radius 1 is 1.33 bits per heavy atom. The van der Waals surface area contributed by atoms with E-state index in [0.29, 0.717) is 16.5 Å². The minimum absolute atomic E-state index is 0.0218. The van der Waals surface area contributed by atoms with Gasteiger partial charge in [-0.3, -0.25) is 4.79 Å². The van der Waals surface area contributed by atoms with Crippen LogP contribution in [-0.4, -0.2) is 12.5 Å². The van der Waals surface area contributed by atoms with Gasteiger partial charge >= 0.3 is 0 Å². The highest BCUT2D eigenvalue weighted by Crippen LogP contribution is 2.60. The minimum Gasteiger partial charge on any atom is -0.351 e. The molecule has 2 aliphatic carbocycles. The molecular formula is C15H16N2O. The van der Waals surface area contributed by atoms with E-state index >= 15 is 0 Å². The number of hydrogen-bond acceptors (Lipinski definition) is 2. The second-order valence-electron chi connectivity index (χ2n) is 5.51. The Hall–Kier alpha value is -1.82. The Bertz CT molecular complexity index is 504. The average Bonchev–Trinajstić information content (AvgIpc) is 3.28. The van der Waals surface area contributed by atoms with Gasteiger partial charge in [-0.05, 0) is 61.3 Å². The molecule has 0 bridgehead atoms. The molecule has 92 valence electrons. The number of carbonyl (C=O) groups excluding carboxylic acids is 1. The Morgan fingerprint density at radius 2 is 2.00 bits per heavy atom. The second-order valence-corrected chi connectivity index (χ2v) is 5.51. The number of amides is 1. The van der Waals surface area contributed by atoms with Gasteiger partial charge in [-0.25, -0.2) is 0 Å². The number of nitrogens with zero attached hydrogens (tertiary/aromatic N) is 1. The maximum atomic E-state index is 12.0. The molecule has 0 heterocycles. The van der Waals surface area contributed by atoms with Crippen LogP contribution in [0.25, 0.3) is 0 Å². The molecule has 3 nitrogen and oxygen atoms in total. The molecule has 2 fully saturated rings. The summed E-state index contributed by atoms with van der Waals surface area (Å²) in [5.74, 6) is 0.838. The highest BCUT2D eigenvalue weighted by atomic mass is 16.1. The van der Waals surface area contributed by atoms with Crippen LogP contribution in [0.15, 0.2) is 24.3 Å². The van der Waals surface area contributed by atoms with Gasteiger partial charge in [-0.1, -0.05) is 0 Å². The zero-order valence-electron chi connectivity index (χ0n) is 10.3.